The molecule has 2 aromatic carbocycles. The number of benzene rings is 2. The second kappa shape index (κ2) is 4.82. The van der Waals surface area contributed by atoms with E-state index in [1.165, 1.54) is 5.56 Å². The van der Waals surface area contributed by atoms with E-state index in [1.54, 1.807) is 0 Å². The molecule has 2 aromatic rings. The van der Waals surface area contributed by atoms with Gasteiger partial charge in [0, 0.05) is 0 Å². The molecule has 0 radical (unpaired) electrons. The molecule has 1 unspecified atom stereocenters. The lowest BCUT2D eigenvalue weighted by molar-refractivity contribution is 0.425. The maximum atomic E-state index is 9.06. The lowest BCUT2D eigenvalue weighted by atomic mass is 9.93. The van der Waals surface area contributed by atoms with Crippen LogP contribution in [0.1, 0.15) is 38.8 Å². The highest BCUT2D eigenvalue weighted by Gasteiger charge is 2.59. The zero-order valence-corrected chi connectivity index (χ0v) is 11.6. The third kappa shape index (κ3) is 1.98. The Kier molecular flexibility index (Phi) is 2.85. The average molecular weight is 252 g/mol. The predicted octanol–water partition coefficient (Wildman–Crippen LogP) is 4.37. The summed E-state index contributed by atoms with van der Waals surface area (Å²) in [5, 5.41) is 0. The Hall–Kier alpha value is -1.60. The Balaban J connectivity index is 2.06. The van der Waals surface area contributed by atoms with Gasteiger partial charge in [-0.25, -0.2) is 0 Å². The predicted molar refractivity (Wildman–Crippen MR) is 80.0 cm³/mol. The van der Waals surface area contributed by atoms with E-state index in [9.17, 15) is 0 Å². The fraction of sp³-hybridized carbons (Fsp3) is 0.333. The minimum absolute atomic E-state index is 0.231. The second-order valence-electron chi connectivity index (χ2n) is 5.30. The SMILES string of the molecule is [2H][C@@]1(c2ccccc2)N(CCC)[C@]1(C)c1ccccc1. The van der Waals surface area contributed by atoms with Crippen LogP contribution in [0.5, 0.6) is 0 Å². The number of nitrogens with zero attached hydrogens (tertiary/aromatic N) is 1. The van der Waals surface area contributed by atoms with Gasteiger partial charge in [0.05, 0.1) is 12.9 Å². The van der Waals surface area contributed by atoms with Crippen LogP contribution in [0.15, 0.2) is 60.7 Å². The zero-order valence-electron chi connectivity index (χ0n) is 12.6. The van der Waals surface area contributed by atoms with E-state index in [2.05, 4.69) is 55.1 Å². The zero-order chi connectivity index (χ0) is 14.2. The molecule has 0 saturated carbocycles. The van der Waals surface area contributed by atoms with Crippen LogP contribution in [0.25, 0.3) is 0 Å². The maximum Gasteiger partial charge on any atom is 0.0636 e. The van der Waals surface area contributed by atoms with Crippen LogP contribution in [0.4, 0.5) is 0 Å². The highest BCUT2D eigenvalue weighted by molar-refractivity contribution is 5.40. The normalized spacial score (nSPS) is 33.8. The molecule has 0 aromatic heterocycles. The maximum absolute atomic E-state index is 9.06. The van der Waals surface area contributed by atoms with E-state index in [4.69, 9.17) is 1.37 Å². The van der Waals surface area contributed by atoms with E-state index in [0.717, 1.165) is 18.5 Å². The molecule has 19 heavy (non-hydrogen) atoms. The van der Waals surface area contributed by atoms with Gasteiger partial charge in [0.2, 0.25) is 0 Å². The van der Waals surface area contributed by atoms with Gasteiger partial charge in [0.25, 0.3) is 0 Å². The Bertz CT molecular complexity index is 531. The van der Waals surface area contributed by atoms with Gasteiger partial charge in [-0.05, 0) is 31.0 Å². The van der Waals surface area contributed by atoms with Crippen molar-refractivity contribution < 1.29 is 1.37 Å². The molecule has 0 amide bonds. The third-order valence-corrected chi connectivity index (χ3v) is 4.05. The van der Waals surface area contributed by atoms with Crippen molar-refractivity contribution in [1.29, 1.82) is 0 Å². The molecule has 1 aliphatic rings. The largest absolute Gasteiger partial charge is 0.283 e. The van der Waals surface area contributed by atoms with Crippen LogP contribution in [-0.2, 0) is 5.54 Å². The summed E-state index contributed by atoms with van der Waals surface area (Å²) in [5.41, 5.74) is 2.08. The Morgan fingerprint density at radius 1 is 1.05 bits per heavy atom. The van der Waals surface area contributed by atoms with Crippen LogP contribution in [-0.4, -0.2) is 11.4 Å². The van der Waals surface area contributed by atoms with Gasteiger partial charge >= 0.3 is 0 Å². The van der Waals surface area contributed by atoms with Crippen LogP contribution in [0.2, 0.25) is 0 Å². The van der Waals surface area contributed by atoms with Crippen molar-refractivity contribution in [2.45, 2.75) is 31.8 Å². The Morgan fingerprint density at radius 2 is 1.63 bits per heavy atom. The van der Waals surface area contributed by atoms with E-state index < -0.39 is 6.02 Å². The van der Waals surface area contributed by atoms with Crippen molar-refractivity contribution in [2.75, 3.05) is 6.54 Å². The minimum atomic E-state index is -0.647. The molecule has 1 saturated heterocycles. The highest BCUT2D eigenvalue weighted by atomic mass is 15.4. The smallest absolute Gasteiger partial charge is 0.0636 e. The summed E-state index contributed by atoms with van der Waals surface area (Å²) < 4.78 is 9.06. The number of hydrogen-bond donors (Lipinski definition) is 0. The van der Waals surface area contributed by atoms with Gasteiger partial charge in [-0.1, -0.05) is 67.6 Å². The second-order valence-corrected chi connectivity index (χ2v) is 5.30. The van der Waals surface area contributed by atoms with Crippen molar-refractivity contribution in [1.82, 2.24) is 4.90 Å². The standard InChI is InChI=1S/C18H21N/c1-3-14-19-17(15-10-6-4-7-11-15)18(19,2)16-12-8-5-9-13-16/h4-13,17H,3,14H2,1-2H3/t17-,18+,19?/m0/s1/i17D. The Labute approximate surface area is 117 Å². The van der Waals surface area contributed by atoms with Crippen molar-refractivity contribution in [3.8, 4) is 0 Å². The van der Waals surface area contributed by atoms with Crippen molar-refractivity contribution >= 4 is 0 Å². The van der Waals surface area contributed by atoms with Gasteiger partial charge in [-0.15, -0.1) is 0 Å². The molecule has 98 valence electrons. The first-order valence-corrected chi connectivity index (χ1v) is 7.04. The first-order chi connectivity index (χ1) is 9.65. The van der Waals surface area contributed by atoms with Crippen molar-refractivity contribution in [3.63, 3.8) is 0 Å². The molecule has 1 nitrogen and oxygen atoms in total. The monoisotopic (exact) mass is 252 g/mol. The van der Waals surface area contributed by atoms with E-state index in [1.807, 2.05) is 24.3 Å². The molecule has 3 atom stereocenters. The van der Waals surface area contributed by atoms with E-state index in [-0.39, 0.29) is 5.54 Å². The molecule has 0 spiro atoms. The van der Waals surface area contributed by atoms with Gasteiger partial charge in [0.1, 0.15) is 0 Å². The molecular formula is C18H21N. The highest BCUT2D eigenvalue weighted by Crippen LogP contribution is 2.59. The first kappa shape index (κ1) is 11.2. The van der Waals surface area contributed by atoms with Crippen LogP contribution >= 0.6 is 0 Å². The molecule has 1 fully saturated rings. The lowest BCUT2D eigenvalue weighted by Gasteiger charge is -2.12. The summed E-state index contributed by atoms with van der Waals surface area (Å²) in [4.78, 5) is 2.30. The van der Waals surface area contributed by atoms with Crippen LogP contribution in [0, 0.1) is 0 Å². The third-order valence-electron chi connectivity index (χ3n) is 4.05. The molecule has 1 heterocycles. The number of hydrogen-bond acceptors (Lipinski definition) is 1. The van der Waals surface area contributed by atoms with E-state index >= 15 is 0 Å². The summed E-state index contributed by atoms with van der Waals surface area (Å²) in [6.07, 6.45) is 1.07. The topological polar surface area (TPSA) is 3.01 Å². The summed E-state index contributed by atoms with van der Waals surface area (Å²) >= 11 is 0. The minimum Gasteiger partial charge on any atom is -0.283 e. The van der Waals surface area contributed by atoms with Gasteiger partial charge in [-0.3, -0.25) is 4.90 Å². The first-order valence-electron chi connectivity index (χ1n) is 7.54. The van der Waals surface area contributed by atoms with Gasteiger partial charge in [0.15, 0.2) is 0 Å². The van der Waals surface area contributed by atoms with Gasteiger partial charge < -0.3 is 0 Å². The van der Waals surface area contributed by atoms with Crippen LogP contribution < -0.4 is 0 Å². The van der Waals surface area contributed by atoms with Gasteiger partial charge in [-0.2, -0.15) is 0 Å². The fourth-order valence-corrected chi connectivity index (χ4v) is 3.04. The molecular weight excluding hydrogens is 230 g/mol. The average Bonchev–Trinajstić information content (AvgIpc) is 3.00. The summed E-state index contributed by atoms with van der Waals surface area (Å²) in [6, 6.07) is 20.0. The molecule has 0 aliphatic carbocycles. The van der Waals surface area contributed by atoms with Crippen LogP contribution in [0.3, 0.4) is 0 Å². The van der Waals surface area contributed by atoms with Crippen molar-refractivity contribution in [2.24, 2.45) is 0 Å². The lowest BCUT2D eigenvalue weighted by Crippen LogP contribution is -2.12. The molecule has 1 heteroatoms. The summed E-state index contributed by atoms with van der Waals surface area (Å²) in [5.74, 6) is 0. The molecule has 0 bridgehead atoms. The van der Waals surface area contributed by atoms with Crippen molar-refractivity contribution in [3.05, 3.63) is 71.8 Å². The quantitative estimate of drug-likeness (QED) is 0.730. The van der Waals surface area contributed by atoms with E-state index in [0.29, 0.717) is 0 Å². The molecule has 0 N–H and O–H groups in total. The molecule has 1 aliphatic heterocycles. The summed E-state index contributed by atoms with van der Waals surface area (Å²) in [7, 11) is 0. The molecule has 3 rings (SSSR count). The fourth-order valence-electron chi connectivity index (χ4n) is 3.04. The number of rotatable bonds is 4. The summed E-state index contributed by atoms with van der Waals surface area (Å²) in [6.45, 7) is 5.32. The Morgan fingerprint density at radius 3 is 2.21 bits per heavy atom.